The number of aryl methyl sites for hydroxylation is 1. The monoisotopic (exact) mass is 413 g/mol. The molecule has 0 aliphatic carbocycles. The molecule has 1 aromatic carbocycles. The maximum atomic E-state index is 14.7. The van der Waals surface area contributed by atoms with Crippen molar-refractivity contribution in [1.82, 2.24) is 9.61 Å². The number of nitrogens with zero attached hydrogens (tertiary/aromatic N) is 2. The molecule has 1 aliphatic heterocycles. The van der Waals surface area contributed by atoms with E-state index in [2.05, 4.69) is 10.4 Å². The summed E-state index contributed by atoms with van der Waals surface area (Å²) in [6.07, 6.45) is 2.79. The van der Waals surface area contributed by atoms with Crippen LogP contribution in [-0.2, 0) is 9.31 Å². The first-order valence-electron chi connectivity index (χ1n) is 9.58. The zero-order chi connectivity index (χ0) is 21.8. The molecule has 4 rings (SSSR count). The number of carbonyl (C=O) groups is 1. The van der Waals surface area contributed by atoms with E-state index in [0.717, 1.165) is 0 Å². The van der Waals surface area contributed by atoms with E-state index in [1.54, 1.807) is 6.92 Å². The second-order valence-electron chi connectivity index (χ2n) is 8.46. The van der Waals surface area contributed by atoms with E-state index in [9.17, 15) is 13.6 Å². The molecule has 0 spiro atoms. The lowest BCUT2D eigenvalue weighted by Crippen LogP contribution is -2.41. The van der Waals surface area contributed by atoms with Crippen molar-refractivity contribution >= 4 is 29.7 Å². The number of nitrogens with one attached hydrogen (secondary N) is 1. The van der Waals surface area contributed by atoms with Gasteiger partial charge >= 0.3 is 7.12 Å². The van der Waals surface area contributed by atoms with E-state index in [-0.39, 0.29) is 11.0 Å². The van der Waals surface area contributed by atoms with E-state index in [1.165, 1.54) is 41.2 Å². The van der Waals surface area contributed by atoms with E-state index >= 15 is 0 Å². The molecule has 0 unspecified atom stereocenters. The van der Waals surface area contributed by atoms with Crippen LogP contribution in [0.15, 0.2) is 36.7 Å². The van der Waals surface area contributed by atoms with Crippen molar-refractivity contribution in [3.63, 3.8) is 0 Å². The van der Waals surface area contributed by atoms with E-state index in [0.29, 0.717) is 16.8 Å². The van der Waals surface area contributed by atoms with E-state index in [4.69, 9.17) is 9.31 Å². The molecule has 3 heterocycles. The molecule has 0 bridgehead atoms. The fourth-order valence-electron chi connectivity index (χ4n) is 3.29. The maximum Gasteiger partial charge on any atom is 0.497 e. The van der Waals surface area contributed by atoms with Crippen molar-refractivity contribution < 1.29 is 22.9 Å². The Balaban J connectivity index is 1.66. The molecule has 9 heteroatoms. The molecule has 1 aliphatic rings. The average Bonchev–Trinajstić information content (AvgIpc) is 3.14. The molecule has 2 aromatic heterocycles. The Morgan fingerprint density at radius 1 is 1.13 bits per heavy atom. The van der Waals surface area contributed by atoms with E-state index < -0.39 is 35.9 Å². The van der Waals surface area contributed by atoms with Gasteiger partial charge < -0.3 is 14.6 Å². The molecule has 0 atom stereocenters. The standard InChI is InChI=1S/C21H22BF2N3O3/c1-12-8-16(24)15(22-29-20(2,3)21(4,5)30-22)10-17(12)26-19(28)14-11-25-27-7-6-13(23)9-18(14)27/h6-11H,1-5H3,(H,26,28). The summed E-state index contributed by atoms with van der Waals surface area (Å²) in [4.78, 5) is 12.8. The van der Waals surface area contributed by atoms with Crippen LogP contribution in [-0.4, -0.2) is 33.8 Å². The number of amides is 1. The molecule has 1 saturated heterocycles. The SMILES string of the molecule is Cc1cc(F)c(B2OC(C)(C)C(C)(C)O2)cc1NC(=O)c1cnn2ccc(F)cc12. The van der Waals surface area contributed by atoms with Gasteiger partial charge in [-0.3, -0.25) is 4.79 Å². The molecule has 0 radical (unpaired) electrons. The summed E-state index contributed by atoms with van der Waals surface area (Å²) >= 11 is 0. The van der Waals surface area contributed by atoms with Gasteiger partial charge in [0.05, 0.1) is 28.5 Å². The number of anilines is 1. The molecule has 1 amide bonds. The summed E-state index contributed by atoms with van der Waals surface area (Å²) in [5.74, 6) is -1.44. The minimum atomic E-state index is -0.905. The third-order valence-electron chi connectivity index (χ3n) is 5.83. The highest BCUT2D eigenvalue weighted by molar-refractivity contribution is 6.62. The van der Waals surface area contributed by atoms with Gasteiger partial charge in [-0.05, 0) is 58.4 Å². The molecule has 1 N–H and O–H groups in total. The second-order valence-corrected chi connectivity index (χ2v) is 8.46. The summed E-state index contributed by atoms with van der Waals surface area (Å²) in [7, 11) is -0.905. The van der Waals surface area contributed by atoms with Crippen LogP contribution in [0.5, 0.6) is 0 Å². The Kier molecular flexibility index (Phi) is 4.70. The van der Waals surface area contributed by atoms with Crippen LogP contribution in [0, 0.1) is 18.6 Å². The number of aromatic nitrogens is 2. The van der Waals surface area contributed by atoms with Crippen LogP contribution >= 0.6 is 0 Å². The lowest BCUT2D eigenvalue weighted by atomic mass is 9.78. The lowest BCUT2D eigenvalue weighted by Gasteiger charge is -2.32. The zero-order valence-corrected chi connectivity index (χ0v) is 17.4. The quantitative estimate of drug-likeness (QED) is 0.668. The van der Waals surface area contributed by atoms with Crippen molar-refractivity contribution in [2.75, 3.05) is 5.32 Å². The predicted octanol–water partition coefficient (Wildman–Crippen LogP) is 3.47. The molecular weight excluding hydrogens is 391 g/mol. The number of benzene rings is 1. The highest BCUT2D eigenvalue weighted by Crippen LogP contribution is 2.37. The molecule has 6 nitrogen and oxygen atoms in total. The minimum absolute atomic E-state index is 0.195. The van der Waals surface area contributed by atoms with Gasteiger partial charge in [0, 0.05) is 23.4 Å². The van der Waals surface area contributed by atoms with Gasteiger partial charge in [-0.15, -0.1) is 0 Å². The highest BCUT2D eigenvalue weighted by Gasteiger charge is 2.52. The number of hydrogen-bond donors (Lipinski definition) is 1. The van der Waals surface area contributed by atoms with Gasteiger partial charge in [0.1, 0.15) is 11.6 Å². The predicted molar refractivity (Wildman–Crippen MR) is 110 cm³/mol. The maximum absolute atomic E-state index is 14.7. The number of pyridine rings is 1. The van der Waals surface area contributed by atoms with Crippen LogP contribution in [0.1, 0.15) is 43.6 Å². The summed E-state index contributed by atoms with van der Waals surface area (Å²) in [5, 5.41) is 6.82. The van der Waals surface area contributed by atoms with E-state index in [1.807, 2.05) is 27.7 Å². The Morgan fingerprint density at radius 3 is 2.47 bits per heavy atom. The number of fused-ring (bicyclic) bond motifs is 1. The molecule has 1 fully saturated rings. The number of carbonyl (C=O) groups excluding carboxylic acids is 1. The summed E-state index contributed by atoms with van der Waals surface area (Å²) in [5.41, 5.74) is 0.416. The minimum Gasteiger partial charge on any atom is -0.399 e. The topological polar surface area (TPSA) is 64.9 Å². The third kappa shape index (κ3) is 3.38. The van der Waals surface area contributed by atoms with Crippen molar-refractivity contribution in [3.8, 4) is 0 Å². The van der Waals surface area contributed by atoms with Crippen LogP contribution in [0.2, 0.25) is 0 Å². The Bertz CT molecular complexity index is 1140. The van der Waals surface area contributed by atoms with Gasteiger partial charge in [0.2, 0.25) is 0 Å². The summed E-state index contributed by atoms with van der Waals surface area (Å²) in [6, 6.07) is 5.32. The molecule has 156 valence electrons. The van der Waals surface area contributed by atoms with Crippen LogP contribution in [0.25, 0.3) is 5.52 Å². The number of hydrogen-bond acceptors (Lipinski definition) is 4. The van der Waals surface area contributed by atoms with Crippen molar-refractivity contribution in [1.29, 1.82) is 0 Å². The highest BCUT2D eigenvalue weighted by atomic mass is 19.1. The molecule has 3 aromatic rings. The molecule has 0 saturated carbocycles. The fourth-order valence-corrected chi connectivity index (χ4v) is 3.29. The summed E-state index contributed by atoms with van der Waals surface area (Å²) in [6.45, 7) is 9.21. The number of rotatable bonds is 3. The second kappa shape index (κ2) is 6.89. The van der Waals surface area contributed by atoms with Gasteiger partial charge in [0.15, 0.2) is 0 Å². The molecular formula is C21H22BF2N3O3. The summed E-state index contributed by atoms with van der Waals surface area (Å²) < 4.78 is 41.6. The average molecular weight is 413 g/mol. The zero-order valence-electron chi connectivity index (χ0n) is 17.4. The normalized spacial score (nSPS) is 17.5. The number of halogens is 2. The van der Waals surface area contributed by atoms with Gasteiger partial charge in [0.25, 0.3) is 5.91 Å². The first kappa shape index (κ1) is 20.5. The van der Waals surface area contributed by atoms with Crippen LogP contribution < -0.4 is 10.8 Å². The smallest absolute Gasteiger partial charge is 0.399 e. The van der Waals surface area contributed by atoms with Crippen molar-refractivity contribution in [2.45, 2.75) is 45.8 Å². The van der Waals surface area contributed by atoms with Crippen LogP contribution in [0.3, 0.4) is 0 Å². The van der Waals surface area contributed by atoms with Gasteiger partial charge in [-0.1, -0.05) is 0 Å². The van der Waals surface area contributed by atoms with Crippen LogP contribution in [0.4, 0.5) is 14.5 Å². The van der Waals surface area contributed by atoms with Gasteiger partial charge in [-0.2, -0.15) is 5.10 Å². The van der Waals surface area contributed by atoms with Gasteiger partial charge in [-0.25, -0.2) is 13.3 Å². The lowest BCUT2D eigenvalue weighted by molar-refractivity contribution is 0.00578. The Morgan fingerprint density at radius 2 is 1.80 bits per heavy atom. The Labute approximate surface area is 173 Å². The Hall–Kier alpha value is -2.78. The van der Waals surface area contributed by atoms with Crippen molar-refractivity contribution in [3.05, 3.63) is 59.4 Å². The third-order valence-corrected chi connectivity index (χ3v) is 5.83. The first-order chi connectivity index (χ1) is 14.0. The first-order valence-corrected chi connectivity index (χ1v) is 9.58. The fraction of sp³-hybridized carbons (Fsp3) is 0.333. The largest absolute Gasteiger partial charge is 0.497 e. The van der Waals surface area contributed by atoms with Crippen molar-refractivity contribution in [2.24, 2.45) is 0 Å². The molecule has 30 heavy (non-hydrogen) atoms.